The van der Waals surface area contributed by atoms with Crippen LogP contribution in [0.15, 0.2) is 18.2 Å². The molecule has 0 saturated carbocycles. The fourth-order valence-electron chi connectivity index (χ4n) is 2.58. The molecule has 1 aromatic rings. The van der Waals surface area contributed by atoms with Crippen LogP contribution in [0.5, 0.6) is 0 Å². The number of anilines is 2. The highest BCUT2D eigenvalue weighted by atomic mass is 16.5. The van der Waals surface area contributed by atoms with Gasteiger partial charge < -0.3 is 20.7 Å². The Balaban J connectivity index is 2.05. The summed E-state index contributed by atoms with van der Waals surface area (Å²) in [4.78, 5) is 13.8. The molecule has 20 heavy (non-hydrogen) atoms. The summed E-state index contributed by atoms with van der Waals surface area (Å²) in [5, 5.41) is 3.48. The van der Waals surface area contributed by atoms with Crippen molar-refractivity contribution in [3.63, 3.8) is 0 Å². The molecule has 1 aliphatic heterocycles. The first-order valence-corrected chi connectivity index (χ1v) is 6.96. The summed E-state index contributed by atoms with van der Waals surface area (Å²) in [6, 6.07) is 6.24. The Kier molecular flexibility index (Phi) is 4.49. The third-order valence-corrected chi connectivity index (χ3v) is 4.04. The van der Waals surface area contributed by atoms with E-state index in [1.54, 1.807) is 12.1 Å². The number of nitrogens with one attached hydrogen (secondary N) is 1. The zero-order valence-corrected chi connectivity index (χ0v) is 12.3. The average molecular weight is 277 g/mol. The predicted octanol–water partition coefficient (Wildman–Crippen LogP) is 1.95. The Morgan fingerprint density at radius 1 is 1.50 bits per heavy atom. The minimum atomic E-state index is -0.365. The van der Waals surface area contributed by atoms with Gasteiger partial charge in [-0.15, -0.1) is 0 Å². The van der Waals surface area contributed by atoms with Crippen molar-refractivity contribution in [3.05, 3.63) is 23.8 Å². The van der Waals surface area contributed by atoms with E-state index in [2.05, 4.69) is 28.9 Å². The number of nitrogens with two attached hydrogens (primary N) is 1. The molecule has 2 rings (SSSR count). The van der Waals surface area contributed by atoms with Gasteiger partial charge in [0.15, 0.2) is 0 Å². The number of ether oxygens (including phenoxy) is 1. The molecule has 1 saturated heterocycles. The molecular formula is C15H23N3O2. The van der Waals surface area contributed by atoms with Crippen molar-refractivity contribution in [2.75, 3.05) is 31.8 Å². The Bertz CT molecular complexity index is 490. The second-order valence-electron chi connectivity index (χ2n) is 5.49. The molecule has 0 amide bonds. The van der Waals surface area contributed by atoms with Gasteiger partial charge in [-0.3, -0.25) is 0 Å². The molecule has 0 radical (unpaired) electrons. The fraction of sp³-hybridized carbons (Fsp3) is 0.533. The van der Waals surface area contributed by atoms with Crippen LogP contribution < -0.4 is 11.1 Å². The van der Waals surface area contributed by atoms with Crippen LogP contribution >= 0.6 is 0 Å². The van der Waals surface area contributed by atoms with Crippen LogP contribution in [-0.2, 0) is 4.74 Å². The molecule has 5 nitrogen and oxygen atoms in total. The highest BCUT2D eigenvalue weighted by Crippen LogP contribution is 2.25. The normalized spacial score (nSPS) is 23.4. The lowest BCUT2D eigenvalue weighted by atomic mass is 9.98. The summed E-state index contributed by atoms with van der Waals surface area (Å²) in [6.45, 7) is 3.32. The van der Waals surface area contributed by atoms with Crippen molar-refractivity contribution in [2.45, 2.75) is 31.8 Å². The van der Waals surface area contributed by atoms with Gasteiger partial charge in [0.1, 0.15) is 0 Å². The van der Waals surface area contributed by atoms with Gasteiger partial charge >= 0.3 is 5.97 Å². The van der Waals surface area contributed by atoms with E-state index >= 15 is 0 Å². The van der Waals surface area contributed by atoms with Crippen molar-refractivity contribution >= 4 is 17.3 Å². The first kappa shape index (κ1) is 14.7. The maximum absolute atomic E-state index is 11.4. The van der Waals surface area contributed by atoms with Crippen LogP contribution in [0.4, 0.5) is 11.4 Å². The number of piperidine rings is 1. The van der Waals surface area contributed by atoms with E-state index in [0.29, 0.717) is 23.3 Å². The van der Waals surface area contributed by atoms with E-state index in [4.69, 9.17) is 5.73 Å². The molecule has 0 spiro atoms. The number of carbonyl (C=O) groups excluding carboxylic acids is 1. The number of benzene rings is 1. The Hall–Kier alpha value is -1.75. The number of likely N-dealkylation sites (tertiary alicyclic amines) is 1. The van der Waals surface area contributed by atoms with Crippen LogP contribution in [0.1, 0.15) is 30.1 Å². The third kappa shape index (κ3) is 3.22. The quantitative estimate of drug-likeness (QED) is 0.653. The monoisotopic (exact) mass is 277 g/mol. The van der Waals surface area contributed by atoms with Crippen LogP contribution in [-0.4, -0.2) is 43.7 Å². The van der Waals surface area contributed by atoms with Gasteiger partial charge in [-0.2, -0.15) is 0 Å². The van der Waals surface area contributed by atoms with E-state index in [1.807, 2.05) is 6.07 Å². The average Bonchev–Trinajstić information content (AvgIpc) is 2.44. The molecule has 1 aromatic carbocycles. The third-order valence-electron chi connectivity index (χ3n) is 4.04. The Labute approximate surface area is 120 Å². The molecule has 1 aliphatic rings. The van der Waals surface area contributed by atoms with Crippen molar-refractivity contribution in [2.24, 2.45) is 0 Å². The van der Waals surface area contributed by atoms with Gasteiger partial charge in [0.2, 0.25) is 0 Å². The van der Waals surface area contributed by atoms with Crippen LogP contribution in [0, 0.1) is 0 Å². The second-order valence-corrected chi connectivity index (χ2v) is 5.49. The largest absolute Gasteiger partial charge is 0.465 e. The lowest BCUT2D eigenvalue weighted by molar-refractivity contribution is 0.0601. The minimum absolute atomic E-state index is 0.365. The number of nitrogen functional groups attached to an aromatic ring is 1. The zero-order valence-electron chi connectivity index (χ0n) is 12.3. The second kappa shape index (κ2) is 6.13. The number of hydrogen-bond acceptors (Lipinski definition) is 5. The standard InChI is InChI=1S/C15H23N3O2/c1-10-8-12(6-7-18(10)2)17-14-5-4-11(9-13(14)16)15(19)20-3/h4-5,9-10,12,17H,6-8,16H2,1-3H3. The van der Waals surface area contributed by atoms with Gasteiger partial charge in [-0.1, -0.05) is 0 Å². The number of nitrogens with zero attached hydrogens (tertiary/aromatic N) is 1. The molecule has 3 N–H and O–H groups in total. The lowest BCUT2D eigenvalue weighted by Crippen LogP contribution is -2.42. The number of rotatable bonds is 3. The summed E-state index contributed by atoms with van der Waals surface area (Å²) in [6.07, 6.45) is 2.19. The van der Waals surface area contributed by atoms with E-state index in [1.165, 1.54) is 7.11 Å². The molecule has 2 unspecified atom stereocenters. The van der Waals surface area contributed by atoms with Crippen LogP contribution in [0.25, 0.3) is 0 Å². The van der Waals surface area contributed by atoms with Gasteiger partial charge in [0, 0.05) is 18.6 Å². The van der Waals surface area contributed by atoms with Crippen molar-refractivity contribution in [1.29, 1.82) is 0 Å². The number of esters is 1. The summed E-state index contributed by atoms with van der Waals surface area (Å²) < 4.78 is 4.69. The summed E-state index contributed by atoms with van der Waals surface area (Å²) >= 11 is 0. The molecule has 1 heterocycles. The number of hydrogen-bond donors (Lipinski definition) is 2. The zero-order chi connectivity index (χ0) is 14.7. The molecule has 1 fully saturated rings. The fourth-order valence-corrected chi connectivity index (χ4v) is 2.58. The highest BCUT2D eigenvalue weighted by molar-refractivity contribution is 5.91. The first-order chi connectivity index (χ1) is 9.51. The SMILES string of the molecule is COC(=O)c1ccc(NC2CCN(C)C(C)C2)c(N)c1. The molecule has 0 aromatic heterocycles. The molecule has 2 atom stereocenters. The summed E-state index contributed by atoms with van der Waals surface area (Å²) in [5.74, 6) is -0.365. The predicted molar refractivity (Wildman–Crippen MR) is 80.9 cm³/mol. The van der Waals surface area contributed by atoms with Crippen molar-refractivity contribution in [3.8, 4) is 0 Å². The lowest BCUT2D eigenvalue weighted by Gasteiger charge is -2.36. The van der Waals surface area contributed by atoms with Crippen LogP contribution in [0.3, 0.4) is 0 Å². The molecule has 0 aliphatic carbocycles. The van der Waals surface area contributed by atoms with Crippen LogP contribution in [0.2, 0.25) is 0 Å². The molecule has 110 valence electrons. The smallest absolute Gasteiger partial charge is 0.337 e. The Morgan fingerprint density at radius 3 is 2.85 bits per heavy atom. The first-order valence-electron chi connectivity index (χ1n) is 6.96. The summed E-state index contributed by atoms with van der Waals surface area (Å²) in [5.41, 5.74) is 7.96. The molecule has 5 heteroatoms. The topological polar surface area (TPSA) is 67.6 Å². The number of carbonyl (C=O) groups is 1. The van der Waals surface area contributed by atoms with Gasteiger partial charge in [0.05, 0.1) is 24.0 Å². The van der Waals surface area contributed by atoms with Crippen molar-refractivity contribution < 1.29 is 9.53 Å². The minimum Gasteiger partial charge on any atom is -0.465 e. The molecule has 0 bridgehead atoms. The van der Waals surface area contributed by atoms with E-state index < -0.39 is 0 Å². The maximum Gasteiger partial charge on any atom is 0.337 e. The summed E-state index contributed by atoms with van der Waals surface area (Å²) in [7, 11) is 3.52. The highest BCUT2D eigenvalue weighted by Gasteiger charge is 2.23. The Morgan fingerprint density at radius 2 is 2.25 bits per heavy atom. The van der Waals surface area contributed by atoms with E-state index in [-0.39, 0.29) is 5.97 Å². The van der Waals surface area contributed by atoms with E-state index in [0.717, 1.165) is 25.1 Å². The van der Waals surface area contributed by atoms with Gasteiger partial charge in [-0.25, -0.2) is 4.79 Å². The van der Waals surface area contributed by atoms with Crippen molar-refractivity contribution in [1.82, 2.24) is 4.90 Å². The van der Waals surface area contributed by atoms with Gasteiger partial charge in [0.25, 0.3) is 0 Å². The number of methoxy groups -OCH3 is 1. The molecular weight excluding hydrogens is 254 g/mol. The van der Waals surface area contributed by atoms with Gasteiger partial charge in [-0.05, 0) is 45.0 Å². The maximum atomic E-state index is 11.4. The van der Waals surface area contributed by atoms with E-state index in [9.17, 15) is 4.79 Å².